The molecule has 2 aromatic rings. The van der Waals surface area contributed by atoms with Gasteiger partial charge in [0, 0.05) is 24.7 Å². The lowest BCUT2D eigenvalue weighted by atomic mass is 9.74. The Morgan fingerprint density at radius 1 is 1.35 bits per heavy atom. The van der Waals surface area contributed by atoms with Gasteiger partial charge in [-0.05, 0) is 18.3 Å². The number of imidazole rings is 1. The molecular weight excluding hydrogens is 270 g/mol. The van der Waals surface area contributed by atoms with Gasteiger partial charge in [-0.3, -0.25) is 9.20 Å². The second-order valence-electron chi connectivity index (χ2n) is 5.69. The van der Waals surface area contributed by atoms with Crippen LogP contribution in [0.25, 0.3) is 4.96 Å². The van der Waals surface area contributed by atoms with Crippen molar-refractivity contribution in [2.75, 3.05) is 18.0 Å². The molecule has 0 bridgehead atoms. The van der Waals surface area contributed by atoms with Crippen LogP contribution in [-0.2, 0) is 0 Å². The second-order valence-corrected chi connectivity index (χ2v) is 6.56. The quantitative estimate of drug-likeness (QED) is 0.808. The van der Waals surface area contributed by atoms with Crippen LogP contribution < -0.4 is 4.90 Å². The number of carbonyl (C=O) groups excluding carboxylic acids is 1. The van der Waals surface area contributed by atoms with Gasteiger partial charge in [0.05, 0.1) is 0 Å². The van der Waals surface area contributed by atoms with E-state index in [0.717, 1.165) is 30.2 Å². The molecule has 0 aliphatic carbocycles. The van der Waals surface area contributed by atoms with Crippen LogP contribution in [0.15, 0.2) is 11.6 Å². The molecule has 1 saturated heterocycles. The Hall–Kier alpha value is -1.36. The minimum Gasteiger partial charge on any atom is -0.355 e. The van der Waals surface area contributed by atoms with E-state index in [4.69, 9.17) is 0 Å². The summed E-state index contributed by atoms with van der Waals surface area (Å²) in [6.45, 7) is 6.60. The molecule has 4 nitrogen and oxygen atoms in total. The largest absolute Gasteiger partial charge is 0.355 e. The van der Waals surface area contributed by atoms with Gasteiger partial charge in [0.2, 0.25) is 0 Å². The van der Waals surface area contributed by atoms with Crippen molar-refractivity contribution in [3.63, 3.8) is 0 Å². The second kappa shape index (κ2) is 5.20. The molecule has 0 spiro atoms. The van der Waals surface area contributed by atoms with Gasteiger partial charge in [0.25, 0.3) is 0 Å². The highest BCUT2D eigenvalue weighted by Gasteiger charge is 2.33. The predicted octanol–water partition coefficient (Wildman–Crippen LogP) is 3.61. The zero-order valence-corrected chi connectivity index (χ0v) is 12.9. The third-order valence-corrected chi connectivity index (χ3v) is 5.77. The highest BCUT2D eigenvalue weighted by atomic mass is 32.1. The monoisotopic (exact) mass is 291 g/mol. The lowest BCUT2D eigenvalue weighted by Crippen LogP contribution is -2.40. The number of carbonyl (C=O) groups is 1. The van der Waals surface area contributed by atoms with Crippen LogP contribution in [-0.4, -0.2) is 28.8 Å². The molecule has 0 aromatic carbocycles. The van der Waals surface area contributed by atoms with E-state index >= 15 is 0 Å². The van der Waals surface area contributed by atoms with Crippen LogP contribution in [0.5, 0.6) is 0 Å². The number of hydrogen-bond donors (Lipinski definition) is 0. The van der Waals surface area contributed by atoms with Crippen molar-refractivity contribution in [3.8, 4) is 0 Å². The van der Waals surface area contributed by atoms with Gasteiger partial charge in [-0.2, -0.15) is 0 Å². The number of thiazole rings is 1. The molecule has 5 heteroatoms. The number of aromatic nitrogens is 2. The Balaban J connectivity index is 1.86. The van der Waals surface area contributed by atoms with E-state index in [-0.39, 0.29) is 0 Å². The van der Waals surface area contributed by atoms with Gasteiger partial charge in [-0.25, -0.2) is 4.98 Å². The number of piperidine rings is 1. The highest BCUT2D eigenvalue weighted by molar-refractivity contribution is 7.15. The van der Waals surface area contributed by atoms with Crippen molar-refractivity contribution in [2.24, 2.45) is 5.41 Å². The molecule has 108 valence electrons. The van der Waals surface area contributed by atoms with E-state index in [1.165, 1.54) is 25.7 Å². The molecule has 0 radical (unpaired) electrons. The maximum Gasteiger partial charge on any atom is 0.196 e. The summed E-state index contributed by atoms with van der Waals surface area (Å²) in [7, 11) is 0. The number of fused-ring (bicyclic) bond motifs is 1. The zero-order valence-electron chi connectivity index (χ0n) is 12.1. The first kappa shape index (κ1) is 13.6. The number of aldehydes is 1. The molecule has 0 amide bonds. The average molecular weight is 291 g/mol. The fourth-order valence-corrected chi connectivity index (χ4v) is 4.00. The van der Waals surface area contributed by atoms with Crippen LogP contribution in [0.1, 0.15) is 50.0 Å². The first-order valence-corrected chi connectivity index (χ1v) is 8.26. The zero-order chi connectivity index (χ0) is 14.2. The molecule has 0 saturated carbocycles. The fraction of sp³-hybridized carbons (Fsp3) is 0.600. The predicted molar refractivity (Wildman–Crippen MR) is 82.9 cm³/mol. The third kappa shape index (κ3) is 2.04. The van der Waals surface area contributed by atoms with Gasteiger partial charge >= 0.3 is 0 Å². The van der Waals surface area contributed by atoms with Gasteiger partial charge in [-0.15, -0.1) is 11.3 Å². The molecule has 3 heterocycles. The molecule has 1 aliphatic rings. The van der Waals surface area contributed by atoms with Crippen LogP contribution in [0.2, 0.25) is 0 Å². The van der Waals surface area contributed by atoms with Gasteiger partial charge < -0.3 is 4.90 Å². The first-order chi connectivity index (χ1) is 9.73. The third-order valence-electron chi connectivity index (χ3n) is 5.01. The highest BCUT2D eigenvalue weighted by Crippen LogP contribution is 2.39. The molecule has 2 aromatic heterocycles. The molecule has 1 aliphatic heterocycles. The molecule has 0 atom stereocenters. The molecule has 20 heavy (non-hydrogen) atoms. The maximum absolute atomic E-state index is 11.4. The van der Waals surface area contributed by atoms with E-state index in [0.29, 0.717) is 11.1 Å². The minimum atomic E-state index is 0.495. The van der Waals surface area contributed by atoms with Gasteiger partial charge in [-0.1, -0.05) is 26.7 Å². The van der Waals surface area contributed by atoms with E-state index in [1.54, 1.807) is 11.3 Å². The average Bonchev–Trinajstić information content (AvgIpc) is 3.07. The normalized spacial score (nSPS) is 18.6. The number of anilines is 1. The summed E-state index contributed by atoms with van der Waals surface area (Å²) in [6, 6.07) is 0. The van der Waals surface area contributed by atoms with E-state index < -0.39 is 0 Å². The van der Waals surface area contributed by atoms with E-state index in [1.807, 2.05) is 16.0 Å². The van der Waals surface area contributed by atoms with Crippen LogP contribution in [0.3, 0.4) is 0 Å². The number of nitrogens with zero attached hydrogens (tertiary/aromatic N) is 3. The molecular formula is C15H21N3OS. The van der Waals surface area contributed by atoms with Crippen molar-refractivity contribution in [1.82, 2.24) is 9.38 Å². The molecule has 3 rings (SSSR count). The van der Waals surface area contributed by atoms with Crippen LogP contribution in [0.4, 0.5) is 5.82 Å². The summed E-state index contributed by atoms with van der Waals surface area (Å²) in [5, 5.41) is 1.97. The Kier molecular flexibility index (Phi) is 3.54. The van der Waals surface area contributed by atoms with E-state index in [9.17, 15) is 4.79 Å². The SMILES string of the molecule is CCC1(CC)CCN(c2nc3sccn3c2C=O)CC1. The Labute approximate surface area is 123 Å². The lowest BCUT2D eigenvalue weighted by Gasteiger charge is -2.41. The first-order valence-electron chi connectivity index (χ1n) is 7.38. The Bertz CT molecular complexity index is 602. The van der Waals surface area contributed by atoms with Gasteiger partial charge in [0.1, 0.15) is 5.69 Å². The smallest absolute Gasteiger partial charge is 0.196 e. The van der Waals surface area contributed by atoms with Crippen molar-refractivity contribution in [1.29, 1.82) is 0 Å². The minimum absolute atomic E-state index is 0.495. The molecule has 0 N–H and O–H groups in total. The van der Waals surface area contributed by atoms with Crippen LogP contribution in [0, 0.1) is 5.41 Å². The topological polar surface area (TPSA) is 37.6 Å². The van der Waals surface area contributed by atoms with E-state index in [2.05, 4.69) is 23.7 Å². The Morgan fingerprint density at radius 2 is 2.05 bits per heavy atom. The van der Waals surface area contributed by atoms with Crippen LogP contribution >= 0.6 is 11.3 Å². The summed E-state index contributed by atoms with van der Waals surface area (Å²) in [6.07, 6.45) is 7.75. The van der Waals surface area contributed by atoms with Crippen molar-refractivity contribution < 1.29 is 4.79 Å². The Morgan fingerprint density at radius 3 is 2.65 bits per heavy atom. The summed E-state index contributed by atoms with van der Waals surface area (Å²) in [4.78, 5) is 19.2. The fourth-order valence-electron chi connectivity index (χ4n) is 3.28. The molecule has 1 fully saturated rings. The maximum atomic E-state index is 11.4. The number of rotatable bonds is 4. The molecule has 0 unspecified atom stereocenters. The summed E-state index contributed by atoms with van der Waals surface area (Å²) < 4.78 is 1.90. The van der Waals surface area contributed by atoms with Crippen molar-refractivity contribution >= 4 is 28.4 Å². The van der Waals surface area contributed by atoms with Gasteiger partial charge in [0.15, 0.2) is 17.1 Å². The summed E-state index contributed by atoms with van der Waals surface area (Å²) in [5.74, 6) is 0.868. The summed E-state index contributed by atoms with van der Waals surface area (Å²) in [5.41, 5.74) is 1.19. The van der Waals surface area contributed by atoms with Crippen molar-refractivity contribution in [2.45, 2.75) is 39.5 Å². The lowest BCUT2D eigenvalue weighted by molar-refractivity contribution is 0.111. The number of hydrogen-bond acceptors (Lipinski definition) is 4. The van der Waals surface area contributed by atoms with Crippen molar-refractivity contribution in [3.05, 3.63) is 17.3 Å². The summed E-state index contributed by atoms with van der Waals surface area (Å²) >= 11 is 1.58. The standard InChI is InChI=1S/C15H21N3OS/c1-3-15(4-2)5-7-17(8-6-15)13-12(11-19)18-9-10-20-14(18)16-13/h9-11H,3-8H2,1-2H3.